The Morgan fingerprint density at radius 2 is 1.79 bits per heavy atom. The Morgan fingerprint density at radius 3 is 2.47 bits per heavy atom. The van der Waals surface area contributed by atoms with Crippen molar-refractivity contribution in [3.8, 4) is 17.2 Å². The van der Waals surface area contributed by atoms with Gasteiger partial charge in [0.15, 0.2) is 11.5 Å². The summed E-state index contributed by atoms with van der Waals surface area (Å²) in [6.07, 6.45) is 0. The molecule has 0 amide bonds. The van der Waals surface area contributed by atoms with Crippen LogP contribution in [0.5, 0.6) is 17.2 Å². The zero-order valence-electron chi connectivity index (χ0n) is 9.69. The third-order valence-corrected chi connectivity index (χ3v) is 3.74. The van der Waals surface area contributed by atoms with E-state index in [0.29, 0.717) is 17.1 Å². The Hall–Kier alpha value is -1.34. The summed E-state index contributed by atoms with van der Waals surface area (Å²) in [6, 6.07) is 8.29. The lowest BCUT2D eigenvalue weighted by Crippen LogP contribution is -2.01. The predicted octanol–water partition coefficient (Wildman–Crippen LogP) is 3.67. The minimum Gasteiger partial charge on any atom is -0.504 e. The van der Waals surface area contributed by atoms with Crippen LogP contribution in [0.4, 0.5) is 5.69 Å². The second-order valence-electron chi connectivity index (χ2n) is 3.92. The molecule has 4 N–H and O–H groups in total. The lowest BCUT2D eigenvalue weighted by Gasteiger charge is -2.11. The Bertz CT molecular complexity index is 619. The van der Waals surface area contributed by atoms with Crippen molar-refractivity contribution in [3.05, 3.63) is 44.5 Å². The average molecular weight is 392 g/mol. The molecule has 2 aromatic rings. The average Bonchev–Trinajstić information content (AvgIpc) is 2.37. The second kappa shape index (κ2) is 5.75. The van der Waals surface area contributed by atoms with Crippen LogP contribution in [0.1, 0.15) is 5.56 Å². The first-order chi connectivity index (χ1) is 8.99. The Balaban J connectivity index is 2.17. The molecule has 0 bridgehead atoms. The van der Waals surface area contributed by atoms with Gasteiger partial charge in [0.1, 0.15) is 0 Å². The molecule has 0 unspecified atom stereocenters. The molecule has 0 fully saturated rings. The number of benzene rings is 2. The molecule has 0 saturated heterocycles. The molecule has 0 aliphatic rings. The van der Waals surface area contributed by atoms with Crippen molar-refractivity contribution in [2.45, 2.75) is 6.54 Å². The van der Waals surface area contributed by atoms with Crippen molar-refractivity contribution in [2.75, 3.05) is 5.32 Å². The molecule has 100 valence electrons. The van der Waals surface area contributed by atoms with E-state index in [2.05, 4.69) is 27.9 Å². The third-order valence-electron chi connectivity index (χ3n) is 2.61. The number of aromatic hydroxyl groups is 3. The minimum absolute atomic E-state index is 0.317. The zero-order valence-corrected chi connectivity index (χ0v) is 12.6. The summed E-state index contributed by atoms with van der Waals surface area (Å²) in [7, 11) is 0. The molecule has 2 aromatic carbocycles. The summed E-state index contributed by atoms with van der Waals surface area (Å²) >= 11 is 8.01. The number of phenols is 3. The van der Waals surface area contributed by atoms with E-state index in [1.54, 1.807) is 12.1 Å². The molecule has 6 heteroatoms. The monoisotopic (exact) mass is 391 g/mol. The van der Waals surface area contributed by atoms with Gasteiger partial charge in [-0.05, 0) is 52.9 Å². The first-order valence-corrected chi connectivity index (χ1v) is 6.86. The first kappa shape index (κ1) is 14.1. The van der Waals surface area contributed by atoms with Gasteiger partial charge in [0, 0.05) is 26.4 Å². The molecule has 0 heterocycles. The normalized spacial score (nSPS) is 10.4. The number of phenolic OH excluding ortho intramolecular Hbond substituents is 3. The molecule has 4 nitrogen and oxygen atoms in total. The van der Waals surface area contributed by atoms with Crippen LogP contribution < -0.4 is 5.32 Å². The van der Waals surface area contributed by atoms with Crippen LogP contribution in [0.25, 0.3) is 0 Å². The highest BCUT2D eigenvalue weighted by Gasteiger charge is 2.11. The van der Waals surface area contributed by atoms with Crippen LogP contribution in [0.3, 0.4) is 0 Å². The van der Waals surface area contributed by atoms with Gasteiger partial charge in [0.05, 0.1) is 0 Å². The predicted molar refractivity (Wildman–Crippen MR) is 82.9 cm³/mol. The number of halogens is 2. The maximum Gasteiger partial charge on any atom is 0.200 e. The molecule has 0 aliphatic carbocycles. The Kier molecular flexibility index (Phi) is 4.26. The van der Waals surface area contributed by atoms with E-state index < -0.39 is 5.75 Å². The highest BCUT2D eigenvalue weighted by Crippen LogP contribution is 2.37. The molecule has 0 radical (unpaired) electrons. The fraction of sp³-hybridized carbons (Fsp3) is 0.0769. The van der Waals surface area contributed by atoms with Gasteiger partial charge in [-0.1, -0.05) is 11.6 Å². The topological polar surface area (TPSA) is 72.7 Å². The summed E-state index contributed by atoms with van der Waals surface area (Å²) in [5.74, 6) is -1.18. The SMILES string of the molecule is Oc1ccc(CNc2ccc(Cl)cc2I)c(O)c1O. The summed E-state index contributed by atoms with van der Waals surface area (Å²) in [5, 5.41) is 32.1. The van der Waals surface area contributed by atoms with Gasteiger partial charge in [-0.25, -0.2) is 0 Å². The quantitative estimate of drug-likeness (QED) is 0.476. The number of hydrogen-bond donors (Lipinski definition) is 4. The largest absolute Gasteiger partial charge is 0.504 e. The molecule has 0 atom stereocenters. The van der Waals surface area contributed by atoms with Gasteiger partial charge in [-0.3, -0.25) is 0 Å². The van der Waals surface area contributed by atoms with E-state index in [1.807, 2.05) is 12.1 Å². The summed E-state index contributed by atoms with van der Waals surface area (Å²) in [4.78, 5) is 0. The molecule has 0 spiro atoms. The number of rotatable bonds is 3. The smallest absolute Gasteiger partial charge is 0.200 e. The van der Waals surface area contributed by atoms with E-state index >= 15 is 0 Å². The molecule has 0 aliphatic heterocycles. The Morgan fingerprint density at radius 1 is 1.05 bits per heavy atom. The standard InChI is InChI=1S/C13H11ClINO3/c14-8-2-3-10(9(15)5-8)16-6-7-1-4-11(17)13(19)12(7)18/h1-5,16-19H,6H2. The summed E-state index contributed by atoms with van der Waals surface area (Å²) in [6.45, 7) is 0.317. The lowest BCUT2D eigenvalue weighted by molar-refractivity contribution is 0.365. The van der Waals surface area contributed by atoms with Crippen LogP contribution >= 0.6 is 34.2 Å². The first-order valence-electron chi connectivity index (χ1n) is 5.40. The van der Waals surface area contributed by atoms with Gasteiger partial charge in [-0.2, -0.15) is 0 Å². The Labute approximate surface area is 128 Å². The van der Waals surface area contributed by atoms with Crippen molar-refractivity contribution in [1.82, 2.24) is 0 Å². The molecular formula is C13H11ClINO3. The van der Waals surface area contributed by atoms with E-state index in [4.69, 9.17) is 11.6 Å². The van der Waals surface area contributed by atoms with Gasteiger partial charge >= 0.3 is 0 Å². The second-order valence-corrected chi connectivity index (χ2v) is 5.52. The van der Waals surface area contributed by atoms with Crippen LogP contribution in [0.2, 0.25) is 5.02 Å². The molecule has 2 rings (SSSR count). The van der Waals surface area contributed by atoms with Crippen LogP contribution in [0.15, 0.2) is 30.3 Å². The van der Waals surface area contributed by atoms with Gasteiger partial charge in [-0.15, -0.1) is 0 Å². The highest BCUT2D eigenvalue weighted by molar-refractivity contribution is 14.1. The van der Waals surface area contributed by atoms with E-state index in [1.165, 1.54) is 6.07 Å². The zero-order chi connectivity index (χ0) is 14.0. The van der Waals surface area contributed by atoms with E-state index in [9.17, 15) is 15.3 Å². The van der Waals surface area contributed by atoms with E-state index in [-0.39, 0.29) is 11.5 Å². The lowest BCUT2D eigenvalue weighted by atomic mass is 10.1. The highest BCUT2D eigenvalue weighted by atomic mass is 127. The third kappa shape index (κ3) is 3.16. The van der Waals surface area contributed by atoms with Crippen molar-refractivity contribution < 1.29 is 15.3 Å². The summed E-state index contributed by atoms with van der Waals surface area (Å²) < 4.78 is 0.951. The van der Waals surface area contributed by atoms with Crippen molar-refractivity contribution in [2.24, 2.45) is 0 Å². The van der Waals surface area contributed by atoms with Gasteiger partial charge in [0.2, 0.25) is 5.75 Å². The number of nitrogens with one attached hydrogen (secondary N) is 1. The number of hydrogen-bond acceptors (Lipinski definition) is 4. The molecule has 0 saturated carbocycles. The van der Waals surface area contributed by atoms with Crippen LogP contribution in [-0.2, 0) is 6.54 Å². The van der Waals surface area contributed by atoms with E-state index in [0.717, 1.165) is 9.26 Å². The van der Waals surface area contributed by atoms with Gasteiger partial charge in [0.25, 0.3) is 0 Å². The number of anilines is 1. The molecule has 19 heavy (non-hydrogen) atoms. The molecule has 0 aromatic heterocycles. The van der Waals surface area contributed by atoms with Crippen molar-refractivity contribution >= 4 is 39.9 Å². The van der Waals surface area contributed by atoms with Crippen LogP contribution in [-0.4, -0.2) is 15.3 Å². The minimum atomic E-state index is -0.509. The van der Waals surface area contributed by atoms with Crippen LogP contribution in [0, 0.1) is 3.57 Å². The van der Waals surface area contributed by atoms with Gasteiger partial charge < -0.3 is 20.6 Å². The molecular weight excluding hydrogens is 381 g/mol. The maximum absolute atomic E-state index is 9.70. The van der Waals surface area contributed by atoms with Crippen molar-refractivity contribution in [1.29, 1.82) is 0 Å². The fourth-order valence-electron chi connectivity index (χ4n) is 1.58. The van der Waals surface area contributed by atoms with Crippen molar-refractivity contribution in [3.63, 3.8) is 0 Å². The summed E-state index contributed by atoms with van der Waals surface area (Å²) in [5.41, 5.74) is 1.36. The maximum atomic E-state index is 9.70. The fourth-order valence-corrected chi connectivity index (χ4v) is 2.64.